The molecule has 2 aromatic rings. The second-order valence-corrected chi connectivity index (χ2v) is 8.53. The molecule has 2 aliphatic rings. The van der Waals surface area contributed by atoms with E-state index in [0.717, 1.165) is 24.1 Å². The van der Waals surface area contributed by atoms with Crippen LogP contribution in [0.3, 0.4) is 0 Å². The molecule has 0 atom stereocenters. The predicted molar refractivity (Wildman–Crippen MR) is 122 cm³/mol. The number of hydrogen-bond acceptors (Lipinski definition) is 5. The van der Waals surface area contributed by atoms with Crippen molar-refractivity contribution >= 4 is 17.6 Å². The van der Waals surface area contributed by atoms with Gasteiger partial charge in [0.1, 0.15) is 5.75 Å². The van der Waals surface area contributed by atoms with Crippen LogP contribution in [0.5, 0.6) is 5.75 Å². The Morgan fingerprint density at radius 2 is 1.75 bits per heavy atom. The molecule has 0 aromatic heterocycles. The van der Waals surface area contributed by atoms with Gasteiger partial charge in [-0.05, 0) is 36.6 Å². The van der Waals surface area contributed by atoms with Crippen LogP contribution in [0, 0.1) is 0 Å². The van der Waals surface area contributed by atoms with Crippen LogP contribution in [-0.2, 0) is 22.1 Å². The number of ether oxygens (including phenoxy) is 2. The molecule has 194 valence electrons. The van der Waals surface area contributed by atoms with Crippen molar-refractivity contribution < 1.29 is 36.6 Å². The fraction of sp³-hybridized carbons (Fsp3) is 0.417. The van der Waals surface area contributed by atoms with Gasteiger partial charge in [0.15, 0.2) is 0 Å². The van der Waals surface area contributed by atoms with Crippen LogP contribution in [0.2, 0.25) is 0 Å². The molecule has 0 radical (unpaired) electrons. The van der Waals surface area contributed by atoms with Gasteiger partial charge in [-0.25, -0.2) is 9.53 Å². The molecule has 0 aliphatic carbocycles. The monoisotopic (exact) mass is 510 g/mol. The van der Waals surface area contributed by atoms with Crippen molar-refractivity contribution in [3.8, 4) is 5.75 Å². The Morgan fingerprint density at radius 3 is 2.53 bits per heavy atom. The number of alkyl halides is 4. The summed E-state index contributed by atoms with van der Waals surface area (Å²) < 4.78 is 61.9. The standard InChI is InChI=1S/C24H26F4N4O4/c25-23(26)19-15-18(7-8-20(19)35-24(27,28)36-23)30-22(34)32-12-4-11-31(13-14-32)16-21(33)29-10-9-17-5-2-1-3-6-17/h1-3,5-8,15H,4,9-14,16H2,(H,29,33)(H,30,34). The SMILES string of the molecule is O=C(CN1CCCN(C(=O)Nc2ccc3c(c2)C(F)(F)OC(F)(F)O3)CC1)NCCc1ccccc1. The third-order valence-corrected chi connectivity index (χ3v) is 5.84. The molecule has 2 aliphatic heterocycles. The maximum atomic E-state index is 14.0. The summed E-state index contributed by atoms with van der Waals surface area (Å²) in [5.74, 6) is -0.837. The van der Waals surface area contributed by atoms with Crippen LogP contribution < -0.4 is 15.4 Å². The first-order valence-electron chi connectivity index (χ1n) is 11.5. The Morgan fingerprint density at radius 1 is 0.972 bits per heavy atom. The second kappa shape index (κ2) is 10.7. The number of halogens is 4. The third kappa shape index (κ3) is 6.64. The van der Waals surface area contributed by atoms with E-state index in [-0.39, 0.29) is 18.1 Å². The predicted octanol–water partition coefficient (Wildman–Crippen LogP) is 3.59. The summed E-state index contributed by atoms with van der Waals surface area (Å²) in [6, 6.07) is 12.2. The van der Waals surface area contributed by atoms with Gasteiger partial charge >= 0.3 is 18.4 Å². The topological polar surface area (TPSA) is 83.1 Å². The zero-order valence-electron chi connectivity index (χ0n) is 19.3. The molecule has 1 fully saturated rings. The Hall–Kier alpha value is -3.38. The molecule has 0 unspecified atom stereocenters. The molecule has 4 rings (SSSR count). The highest BCUT2D eigenvalue weighted by Crippen LogP contribution is 2.46. The van der Waals surface area contributed by atoms with Crippen molar-refractivity contribution in [2.75, 3.05) is 44.6 Å². The van der Waals surface area contributed by atoms with Gasteiger partial charge < -0.3 is 20.3 Å². The highest BCUT2D eigenvalue weighted by Gasteiger charge is 2.54. The van der Waals surface area contributed by atoms with Gasteiger partial charge in [-0.15, -0.1) is 8.78 Å². The zero-order valence-corrected chi connectivity index (χ0v) is 19.3. The Labute approximate surface area is 205 Å². The smallest absolute Gasteiger partial charge is 0.409 e. The summed E-state index contributed by atoms with van der Waals surface area (Å²) in [6.45, 7) is 2.52. The fourth-order valence-corrected chi connectivity index (χ4v) is 4.06. The number of nitrogens with zero attached hydrogens (tertiary/aromatic N) is 2. The quantitative estimate of drug-likeness (QED) is 0.581. The van der Waals surface area contributed by atoms with E-state index < -0.39 is 29.7 Å². The van der Waals surface area contributed by atoms with Crippen LogP contribution in [0.25, 0.3) is 0 Å². The van der Waals surface area contributed by atoms with Crippen LogP contribution in [0.4, 0.5) is 28.0 Å². The highest BCUT2D eigenvalue weighted by molar-refractivity contribution is 5.89. The molecular weight excluding hydrogens is 484 g/mol. The summed E-state index contributed by atoms with van der Waals surface area (Å²) >= 11 is 0. The number of amides is 3. The van der Waals surface area contributed by atoms with E-state index >= 15 is 0 Å². The Kier molecular flexibility index (Phi) is 7.65. The molecule has 36 heavy (non-hydrogen) atoms. The molecule has 1 saturated heterocycles. The minimum atomic E-state index is -4.46. The second-order valence-electron chi connectivity index (χ2n) is 8.53. The van der Waals surface area contributed by atoms with Crippen LogP contribution >= 0.6 is 0 Å². The molecule has 2 aromatic carbocycles. The first-order valence-corrected chi connectivity index (χ1v) is 11.5. The van der Waals surface area contributed by atoms with E-state index in [4.69, 9.17) is 0 Å². The maximum Gasteiger partial charge on any atom is 0.540 e. The van der Waals surface area contributed by atoms with Crippen LogP contribution in [0.1, 0.15) is 17.5 Å². The van der Waals surface area contributed by atoms with Crippen molar-refractivity contribution in [2.45, 2.75) is 25.2 Å². The Bertz CT molecular complexity index is 1090. The van der Waals surface area contributed by atoms with E-state index in [1.165, 1.54) is 11.0 Å². The number of benzene rings is 2. The van der Waals surface area contributed by atoms with Crippen molar-refractivity contribution in [3.63, 3.8) is 0 Å². The summed E-state index contributed by atoms with van der Waals surface area (Å²) in [4.78, 5) is 28.5. The lowest BCUT2D eigenvalue weighted by molar-refractivity contribution is -0.461. The minimum absolute atomic E-state index is 0.0188. The van der Waals surface area contributed by atoms with Gasteiger partial charge in [-0.2, -0.15) is 8.78 Å². The zero-order chi connectivity index (χ0) is 25.8. The molecular formula is C24H26F4N4O4. The average molecular weight is 510 g/mol. The van der Waals surface area contributed by atoms with E-state index in [2.05, 4.69) is 20.1 Å². The van der Waals surface area contributed by atoms with E-state index in [9.17, 15) is 27.2 Å². The van der Waals surface area contributed by atoms with E-state index in [1.54, 1.807) is 0 Å². The van der Waals surface area contributed by atoms with E-state index in [0.29, 0.717) is 39.1 Å². The van der Waals surface area contributed by atoms with Crippen molar-refractivity contribution in [1.29, 1.82) is 0 Å². The van der Waals surface area contributed by atoms with Crippen molar-refractivity contribution in [3.05, 3.63) is 59.7 Å². The average Bonchev–Trinajstić information content (AvgIpc) is 3.05. The van der Waals surface area contributed by atoms with Gasteiger partial charge in [-0.3, -0.25) is 9.69 Å². The molecule has 2 heterocycles. The van der Waals surface area contributed by atoms with E-state index in [1.807, 2.05) is 35.2 Å². The molecule has 2 N–H and O–H groups in total. The summed E-state index contributed by atoms with van der Waals surface area (Å²) in [6.07, 6.45) is -7.40. The van der Waals surface area contributed by atoms with Crippen molar-refractivity contribution in [2.24, 2.45) is 0 Å². The van der Waals surface area contributed by atoms with Gasteiger partial charge in [0, 0.05) is 38.4 Å². The number of urea groups is 1. The number of nitrogens with one attached hydrogen (secondary N) is 2. The van der Waals surface area contributed by atoms with Gasteiger partial charge in [0.2, 0.25) is 5.91 Å². The maximum absolute atomic E-state index is 14.0. The fourth-order valence-electron chi connectivity index (χ4n) is 4.06. The first kappa shape index (κ1) is 25.7. The molecule has 0 bridgehead atoms. The lowest BCUT2D eigenvalue weighted by Gasteiger charge is -2.30. The summed E-state index contributed by atoms with van der Waals surface area (Å²) in [5, 5.41) is 5.40. The number of carbonyl (C=O) groups is 2. The molecule has 8 nitrogen and oxygen atoms in total. The summed E-state index contributed by atoms with van der Waals surface area (Å²) in [7, 11) is 0. The number of carbonyl (C=O) groups excluding carboxylic acids is 2. The van der Waals surface area contributed by atoms with Crippen molar-refractivity contribution in [1.82, 2.24) is 15.1 Å². The molecule has 12 heteroatoms. The minimum Gasteiger partial charge on any atom is -0.409 e. The molecule has 3 amide bonds. The summed E-state index contributed by atoms with van der Waals surface area (Å²) in [5.41, 5.74) is 0.205. The van der Waals surface area contributed by atoms with Gasteiger partial charge in [0.05, 0.1) is 12.1 Å². The number of rotatable bonds is 6. The van der Waals surface area contributed by atoms with Crippen LogP contribution in [-0.4, -0.2) is 67.3 Å². The van der Waals surface area contributed by atoms with Gasteiger partial charge in [0.25, 0.3) is 0 Å². The third-order valence-electron chi connectivity index (χ3n) is 5.84. The number of hydrogen-bond donors (Lipinski definition) is 2. The first-order chi connectivity index (χ1) is 17.1. The number of anilines is 1. The highest BCUT2D eigenvalue weighted by atomic mass is 19.3. The van der Waals surface area contributed by atoms with Crippen LogP contribution in [0.15, 0.2) is 48.5 Å². The normalized spacial score (nSPS) is 18.9. The van der Waals surface area contributed by atoms with Gasteiger partial charge in [-0.1, -0.05) is 30.3 Å². The Balaban J connectivity index is 1.26. The largest absolute Gasteiger partial charge is 0.540 e. The lowest BCUT2D eigenvalue weighted by atomic mass is 10.1. The lowest BCUT2D eigenvalue weighted by Crippen LogP contribution is -2.41. The number of fused-ring (bicyclic) bond motifs is 1. The molecule has 0 spiro atoms. The molecule has 0 saturated carbocycles.